The maximum atomic E-state index is 6.09. The Labute approximate surface area is 172 Å². The summed E-state index contributed by atoms with van der Waals surface area (Å²) < 4.78 is 5.21. The Morgan fingerprint density at radius 3 is 2.21 bits per heavy atom. The molecule has 140 valence electrons. The monoisotopic (exact) mass is 410 g/mol. The fraction of sp³-hybridized carbons (Fsp3) is 0.0476. The van der Waals surface area contributed by atoms with Crippen LogP contribution in [0.3, 0.4) is 0 Å². The highest BCUT2D eigenvalue weighted by molar-refractivity contribution is 6.35. The molecule has 0 unspecified atom stereocenters. The summed E-state index contributed by atoms with van der Waals surface area (Å²) in [6, 6.07) is 20.6. The number of halogens is 2. The Morgan fingerprint density at radius 1 is 0.786 bits per heavy atom. The van der Waals surface area contributed by atoms with E-state index in [0.29, 0.717) is 27.5 Å². The van der Waals surface area contributed by atoms with Crippen LogP contribution in [-0.4, -0.2) is 17.1 Å². The lowest BCUT2D eigenvalue weighted by Gasteiger charge is -2.12. The van der Waals surface area contributed by atoms with E-state index >= 15 is 0 Å². The van der Waals surface area contributed by atoms with Crippen molar-refractivity contribution >= 4 is 57.2 Å². The van der Waals surface area contributed by atoms with Gasteiger partial charge < -0.3 is 15.4 Å². The lowest BCUT2D eigenvalue weighted by Crippen LogP contribution is -2.02. The first kappa shape index (κ1) is 18.3. The van der Waals surface area contributed by atoms with Crippen molar-refractivity contribution in [2.45, 2.75) is 0 Å². The van der Waals surface area contributed by atoms with E-state index < -0.39 is 0 Å². The van der Waals surface area contributed by atoms with Crippen LogP contribution >= 0.6 is 23.2 Å². The van der Waals surface area contributed by atoms with Gasteiger partial charge in [-0.25, -0.2) is 4.98 Å². The highest BCUT2D eigenvalue weighted by Gasteiger charge is 2.09. The van der Waals surface area contributed by atoms with Crippen molar-refractivity contribution in [3.63, 3.8) is 0 Å². The molecule has 0 saturated heterocycles. The highest BCUT2D eigenvalue weighted by atomic mass is 35.5. The minimum Gasteiger partial charge on any atom is -0.497 e. The number of aromatic nitrogens is 2. The van der Waals surface area contributed by atoms with Gasteiger partial charge in [0.1, 0.15) is 11.6 Å². The molecule has 0 radical (unpaired) electrons. The first-order chi connectivity index (χ1) is 13.6. The van der Waals surface area contributed by atoms with Crippen molar-refractivity contribution in [3.05, 3.63) is 76.8 Å². The van der Waals surface area contributed by atoms with E-state index in [0.717, 1.165) is 22.3 Å². The molecule has 0 aliphatic heterocycles. The van der Waals surface area contributed by atoms with Gasteiger partial charge >= 0.3 is 0 Å². The zero-order valence-corrected chi connectivity index (χ0v) is 16.4. The summed E-state index contributed by atoms with van der Waals surface area (Å²) >= 11 is 12.2. The molecule has 4 aromatic rings. The van der Waals surface area contributed by atoms with Crippen molar-refractivity contribution in [2.75, 3.05) is 17.7 Å². The van der Waals surface area contributed by atoms with Gasteiger partial charge in [0.2, 0.25) is 5.95 Å². The molecule has 0 atom stereocenters. The lowest BCUT2D eigenvalue weighted by molar-refractivity contribution is 0.415. The molecule has 7 heteroatoms. The number of fused-ring (bicyclic) bond motifs is 1. The van der Waals surface area contributed by atoms with E-state index in [9.17, 15) is 0 Å². The van der Waals surface area contributed by atoms with E-state index in [4.69, 9.17) is 27.9 Å². The van der Waals surface area contributed by atoms with Crippen molar-refractivity contribution in [1.29, 1.82) is 0 Å². The summed E-state index contributed by atoms with van der Waals surface area (Å²) in [6.45, 7) is 0. The number of rotatable bonds is 5. The van der Waals surface area contributed by atoms with Crippen LogP contribution in [0.1, 0.15) is 0 Å². The third kappa shape index (κ3) is 4.11. The van der Waals surface area contributed by atoms with Gasteiger partial charge in [-0.15, -0.1) is 0 Å². The number of para-hydroxylation sites is 1. The fourth-order valence-electron chi connectivity index (χ4n) is 2.79. The molecule has 1 aromatic heterocycles. The number of nitrogens with zero attached hydrogens (tertiary/aromatic N) is 2. The van der Waals surface area contributed by atoms with Gasteiger partial charge in [-0.1, -0.05) is 35.3 Å². The average molecular weight is 411 g/mol. The summed E-state index contributed by atoms with van der Waals surface area (Å²) in [5.74, 6) is 1.91. The second kappa shape index (κ2) is 7.92. The minimum atomic E-state index is 0.438. The van der Waals surface area contributed by atoms with E-state index in [-0.39, 0.29) is 0 Å². The Bertz CT molecular complexity index is 1110. The number of methoxy groups -OCH3 is 1. The zero-order valence-electron chi connectivity index (χ0n) is 14.9. The molecule has 0 spiro atoms. The smallest absolute Gasteiger partial charge is 0.229 e. The lowest BCUT2D eigenvalue weighted by atomic mass is 10.2. The highest BCUT2D eigenvalue weighted by Crippen LogP contribution is 2.29. The van der Waals surface area contributed by atoms with Gasteiger partial charge in [-0.3, -0.25) is 0 Å². The summed E-state index contributed by atoms with van der Waals surface area (Å²) in [5, 5.41) is 8.50. The van der Waals surface area contributed by atoms with Crippen LogP contribution in [-0.2, 0) is 0 Å². The average Bonchev–Trinajstić information content (AvgIpc) is 2.68. The van der Waals surface area contributed by atoms with Crippen LogP contribution in [0.2, 0.25) is 10.0 Å². The summed E-state index contributed by atoms with van der Waals surface area (Å²) in [7, 11) is 1.64. The van der Waals surface area contributed by atoms with Gasteiger partial charge in [0.15, 0.2) is 0 Å². The Kier molecular flexibility index (Phi) is 5.19. The molecular formula is C21H16Cl2N4O. The van der Waals surface area contributed by atoms with Crippen LogP contribution in [0, 0.1) is 0 Å². The standard InChI is InChI=1S/C21H16Cl2N4O/c1-28-17-8-6-15(7-9-17)24-20-18-4-2-3-5-19(18)26-21(27-20)25-16-11-13(22)10-14(23)12-16/h2-12H,1H3,(H2,24,25,26,27). The molecule has 0 fully saturated rings. The van der Waals surface area contributed by atoms with Crippen molar-refractivity contribution in [3.8, 4) is 5.75 Å². The SMILES string of the molecule is COc1ccc(Nc2nc(Nc3cc(Cl)cc(Cl)c3)nc3ccccc23)cc1. The topological polar surface area (TPSA) is 59.1 Å². The normalized spacial score (nSPS) is 10.7. The molecule has 4 rings (SSSR count). The number of hydrogen-bond donors (Lipinski definition) is 2. The maximum Gasteiger partial charge on any atom is 0.229 e. The van der Waals surface area contributed by atoms with E-state index in [2.05, 4.69) is 20.6 Å². The van der Waals surface area contributed by atoms with Gasteiger partial charge in [0.25, 0.3) is 0 Å². The van der Waals surface area contributed by atoms with E-state index in [1.165, 1.54) is 0 Å². The van der Waals surface area contributed by atoms with Crippen LogP contribution < -0.4 is 15.4 Å². The molecule has 2 N–H and O–H groups in total. The summed E-state index contributed by atoms with van der Waals surface area (Å²) in [6.07, 6.45) is 0. The first-order valence-electron chi connectivity index (χ1n) is 8.52. The van der Waals surface area contributed by atoms with Crippen LogP contribution in [0.25, 0.3) is 10.9 Å². The molecule has 0 saturated carbocycles. The third-order valence-electron chi connectivity index (χ3n) is 4.07. The van der Waals surface area contributed by atoms with E-state index in [1.54, 1.807) is 25.3 Å². The molecule has 0 aliphatic rings. The van der Waals surface area contributed by atoms with Crippen LogP contribution in [0.15, 0.2) is 66.7 Å². The molecule has 1 heterocycles. The van der Waals surface area contributed by atoms with Crippen LogP contribution in [0.4, 0.5) is 23.1 Å². The van der Waals surface area contributed by atoms with Crippen molar-refractivity contribution < 1.29 is 4.74 Å². The molecule has 0 amide bonds. The van der Waals surface area contributed by atoms with Crippen LogP contribution in [0.5, 0.6) is 5.75 Å². The Balaban J connectivity index is 1.72. The largest absolute Gasteiger partial charge is 0.497 e. The summed E-state index contributed by atoms with van der Waals surface area (Å²) in [4.78, 5) is 9.23. The minimum absolute atomic E-state index is 0.438. The number of benzene rings is 3. The van der Waals surface area contributed by atoms with Crippen molar-refractivity contribution in [2.24, 2.45) is 0 Å². The van der Waals surface area contributed by atoms with Crippen molar-refractivity contribution in [1.82, 2.24) is 9.97 Å². The molecule has 0 bridgehead atoms. The van der Waals surface area contributed by atoms with Gasteiger partial charge in [0.05, 0.1) is 12.6 Å². The maximum absolute atomic E-state index is 6.09. The number of nitrogens with one attached hydrogen (secondary N) is 2. The number of ether oxygens (including phenoxy) is 1. The Hall–Kier alpha value is -3.02. The van der Waals surface area contributed by atoms with E-state index in [1.807, 2.05) is 48.5 Å². The molecule has 3 aromatic carbocycles. The van der Waals surface area contributed by atoms with Gasteiger partial charge in [-0.2, -0.15) is 4.98 Å². The predicted molar refractivity (Wildman–Crippen MR) is 116 cm³/mol. The summed E-state index contributed by atoms with van der Waals surface area (Å²) in [5.41, 5.74) is 2.41. The van der Waals surface area contributed by atoms with Gasteiger partial charge in [0, 0.05) is 26.8 Å². The quantitative estimate of drug-likeness (QED) is 0.396. The zero-order chi connectivity index (χ0) is 19.5. The molecule has 28 heavy (non-hydrogen) atoms. The number of hydrogen-bond acceptors (Lipinski definition) is 5. The molecule has 0 aliphatic carbocycles. The first-order valence-corrected chi connectivity index (χ1v) is 9.27. The second-order valence-corrected chi connectivity index (χ2v) is 6.92. The molecular weight excluding hydrogens is 395 g/mol. The molecule has 5 nitrogen and oxygen atoms in total. The Morgan fingerprint density at radius 2 is 1.50 bits per heavy atom. The number of anilines is 4. The third-order valence-corrected chi connectivity index (χ3v) is 4.51. The predicted octanol–water partition coefficient (Wildman–Crippen LogP) is 6.43. The fourth-order valence-corrected chi connectivity index (χ4v) is 3.32. The van der Waals surface area contributed by atoms with Gasteiger partial charge in [-0.05, 0) is 54.6 Å². The second-order valence-electron chi connectivity index (χ2n) is 6.05.